The van der Waals surface area contributed by atoms with Crippen LogP contribution in [-0.4, -0.2) is 30.9 Å². The summed E-state index contributed by atoms with van der Waals surface area (Å²) in [6.45, 7) is 4.38. The normalized spacial score (nSPS) is 14.1. The molecule has 2 atom stereocenters. The number of nitrogens with one attached hydrogen (secondary N) is 1. The van der Waals surface area contributed by atoms with E-state index < -0.39 is 0 Å². The van der Waals surface area contributed by atoms with E-state index in [2.05, 4.69) is 5.32 Å². The molecule has 1 aromatic rings. The van der Waals surface area contributed by atoms with Crippen molar-refractivity contribution in [2.24, 2.45) is 0 Å². The second-order valence-corrected chi connectivity index (χ2v) is 5.35. The highest BCUT2D eigenvalue weighted by Gasteiger charge is 2.16. The summed E-state index contributed by atoms with van der Waals surface area (Å²) in [6, 6.07) is 9.97. The smallest absolute Gasteiger partial charge is 0.233 e. The molecule has 0 unspecified atom stereocenters. The summed E-state index contributed by atoms with van der Waals surface area (Å²) in [5.41, 5.74) is 0. The second-order valence-electron chi connectivity index (χ2n) is 3.94. The molecule has 4 heteroatoms. The van der Waals surface area contributed by atoms with Gasteiger partial charge in [0, 0.05) is 18.0 Å². The molecule has 0 saturated heterocycles. The number of rotatable bonds is 6. The SMILES string of the molecule is COC[C@@H](C)NC(=O)[C@@H](C)Sc1ccccc1. The van der Waals surface area contributed by atoms with Gasteiger partial charge in [0.1, 0.15) is 0 Å². The molecule has 0 aliphatic carbocycles. The Kier molecular flexibility index (Phi) is 6.08. The zero-order valence-corrected chi connectivity index (χ0v) is 11.3. The Morgan fingerprint density at radius 3 is 2.59 bits per heavy atom. The zero-order chi connectivity index (χ0) is 12.7. The van der Waals surface area contributed by atoms with E-state index in [0.717, 1.165) is 4.90 Å². The third-order valence-electron chi connectivity index (χ3n) is 2.23. The predicted molar refractivity (Wildman–Crippen MR) is 71.2 cm³/mol. The van der Waals surface area contributed by atoms with Gasteiger partial charge in [0.25, 0.3) is 0 Å². The Bertz CT molecular complexity index is 343. The van der Waals surface area contributed by atoms with Crippen molar-refractivity contribution >= 4 is 17.7 Å². The minimum absolute atomic E-state index is 0.0448. The molecule has 3 nitrogen and oxygen atoms in total. The molecular weight excluding hydrogens is 234 g/mol. The molecular formula is C13H19NO2S. The van der Waals surface area contributed by atoms with Crippen molar-refractivity contribution in [2.75, 3.05) is 13.7 Å². The van der Waals surface area contributed by atoms with Crippen molar-refractivity contribution < 1.29 is 9.53 Å². The number of benzene rings is 1. The van der Waals surface area contributed by atoms with Crippen molar-refractivity contribution in [1.29, 1.82) is 0 Å². The van der Waals surface area contributed by atoms with Gasteiger partial charge in [-0.1, -0.05) is 18.2 Å². The highest BCUT2D eigenvalue weighted by Crippen LogP contribution is 2.22. The summed E-state index contributed by atoms with van der Waals surface area (Å²) in [4.78, 5) is 13.0. The van der Waals surface area contributed by atoms with Gasteiger partial charge < -0.3 is 10.1 Å². The van der Waals surface area contributed by atoms with Gasteiger partial charge in [-0.25, -0.2) is 0 Å². The highest BCUT2D eigenvalue weighted by molar-refractivity contribution is 8.00. The maximum absolute atomic E-state index is 11.8. The summed E-state index contributed by atoms with van der Waals surface area (Å²) in [6.07, 6.45) is 0. The lowest BCUT2D eigenvalue weighted by molar-refractivity contribution is -0.121. The van der Waals surface area contributed by atoms with Gasteiger partial charge in [-0.3, -0.25) is 4.79 Å². The van der Waals surface area contributed by atoms with Gasteiger partial charge in [0.05, 0.1) is 11.9 Å². The van der Waals surface area contributed by atoms with Crippen molar-refractivity contribution in [3.05, 3.63) is 30.3 Å². The van der Waals surface area contributed by atoms with Gasteiger partial charge in [-0.2, -0.15) is 0 Å². The van der Waals surface area contributed by atoms with Crippen LogP contribution in [0.3, 0.4) is 0 Å². The molecule has 1 N–H and O–H groups in total. The zero-order valence-electron chi connectivity index (χ0n) is 10.5. The number of hydrogen-bond donors (Lipinski definition) is 1. The second kappa shape index (κ2) is 7.35. The van der Waals surface area contributed by atoms with Crippen molar-refractivity contribution in [2.45, 2.75) is 30.0 Å². The Labute approximate surface area is 107 Å². The Hall–Kier alpha value is -1.00. The molecule has 0 heterocycles. The Balaban J connectivity index is 2.42. The first kappa shape index (κ1) is 14.1. The molecule has 0 spiro atoms. The third-order valence-corrected chi connectivity index (χ3v) is 3.34. The van der Waals surface area contributed by atoms with Crippen LogP contribution in [0.25, 0.3) is 0 Å². The number of thioether (sulfide) groups is 1. The monoisotopic (exact) mass is 253 g/mol. The summed E-state index contributed by atoms with van der Waals surface area (Å²) in [7, 11) is 1.63. The summed E-state index contributed by atoms with van der Waals surface area (Å²) in [5, 5.41) is 2.82. The molecule has 0 bridgehead atoms. The fraction of sp³-hybridized carbons (Fsp3) is 0.462. The van der Waals surface area contributed by atoms with E-state index in [-0.39, 0.29) is 17.2 Å². The summed E-state index contributed by atoms with van der Waals surface area (Å²) < 4.78 is 4.98. The topological polar surface area (TPSA) is 38.3 Å². The molecule has 0 aliphatic rings. The van der Waals surface area contributed by atoms with Gasteiger partial charge in [-0.05, 0) is 26.0 Å². The molecule has 0 fully saturated rings. The first-order valence-electron chi connectivity index (χ1n) is 5.64. The molecule has 1 rings (SSSR count). The van der Waals surface area contributed by atoms with Crippen LogP contribution in [0.15, 0.2) is 35.2 Å². The van der Waals surface area contributed by atoms with Gasteiger partial charge in [-0.15, -0.1) is 11.8 Å². The predicted octanol–water partition coefficient (Wildman–Crippen LogP) is 2.32. The first-order chi connectivity index (χ1) is 8.13. The van der Waals surface area contributed by atoms with E-state index in [4.69, 9.17) is 4.74 Å². The molecule has 1 aromatic carbocycles. The lowest BCUT2D eigenvalue weighted by Crippen LogP contribution is -2.39. The summed E-state index contributed by atoms with van der Waals surface area (Å²) in [5.74, 6) is 0.0448. The maximum Gasteiger partial charge on any atom is 0.233 e. The van der Waals surface area contributed by atoms with Crippen LogP contribution in [0.4, 0.5) is 0 Å². The van der Waals surface area contributed by atoms with Crippen LogP contribution in [-0.2, 0) is 9.53 Å². The van der Waals surface area contributed by atoms with Crippen molar-refractivity contribution in [1.82, 2.24) is 5.32 Å². The van der Waals surface area contributed by atoms with E-state index in [0.29, 0.717) is 6.61 Å². The average Bonchev–Trinajstić information content (AvgIpc) is 2.30. The van der Waals surface area contributed by atoms with Crippen molar-refractivity contribution in [3.63, 3.8) is 0 Å². The molecule has 1 amide bonds. The standard InChI is InChI=1S/C13H19NO2S/c1-10(9-16-3)14-13(15)11(2)17-12-7-5-4-6-8-12/h4-8,10-11H,9H2,1-3H3,(H,14,15)/t10-,11-/m1/s1. The molecule has 17 heavy (non-hydrogen) atoms. The lowest BCUT2D eigenvalue weighted by Gasteiger charge is -2.16. The quantitative estimate of drug-likeness (QED) is 0.791. The Morgan fingerprint density at radius 1 is 1.35 bits per heavy atom. The van der Waals surface area contributed by atoms with Crippen molar-refractivity contribution in [3.8, 4) is 0 Å². The average molecular weight is 253 g/mol. The van der Waals surface area contributed by atoms with Crippen LogP contribution < -0.4 is 5.32 Å². The van der Waals surface area contributed by atoms with Gasteiger partial charge in [0.15, 0.2) is 0 Å². The maximum atomic E-state index is 11.8. The van der Waals surface area contributed by atoms with E-state index in [1.165, 1.54) is 0 Å². The molecule has 0 aliphatic heterocycles. The number of hydrogen-bond acceptors (Lipinski definition) is 3. The number of ether oxygens (including phenoxy) is 1. The number of amides is 1. The number of carbonyl (C=O) groups excluding carboxylic acids is 1. The van der Waals surface area contributed by atoms with E-state index in [9.17, 15) is 4.79 Å². The van der Waals surface area contributed by atoms with Gasteiger partial charge >= 0.3 is 0 Å². The minimum atomic E-state index is -0.100. The van der Waals surface area contributed by atoms with E-state index in [1.54, 1.807) is 18.9 Å². The van der Waals surface area contributed by atoms with Crippen LogP contribution in [0.5, 0.6) is 0 Å². The van der Waals surface area contributed by atoms with Crippen LogP contribution in [0, 0.1) is 0 Å². The molecule has 0 aromatic heterocycles. The molecule has 0 radical (unpaired) electrons. The highest BCUT2D eigenvalue weighted by atomic mass is 32.2. The van der Waals surface area contributed by atoms with Gasteiger partial charge in [0.2, 0.25) is 5.91 Å². The van der Waals surface area contributed by atoms with E-state index >= 15 is 0 Å². The third kappa shape index (κ3) is 5.24. The summed E-state index contributed by atoms with van der Waals surface area (Å²) >= 11 is 1.56. The minimum Gasteiger partial charge on any atom is -0.383 e. The van der Waals surface area contributed by atoms with Crippen LogP contribution in [0.2, 0.25) is 0 Å². The lowest BCUT2D eigenvalue weighted by atomic mass is 10.3. The first-order valence-corrected chi connectivity index (χ1v) is 6.52. The number of carbonyl (C=O) groups is 1. The fourth-order valence-electron chi connectivity index (χ4n) is 1.41. The molecule has 0 saturated carbocycles. The molecule has 94 valence electrons. The Morgan fingerprint density at radius 2 is 2.00 bits per heavy atom. The van der Waals surface area contributed by atoms with Crippen LogP contribution in [0.1, 0.15) is 13.8 Å². The number of methoxy groups -OCH3 is 1. The van der Waals surface area contributed by atoms with Crippen LogP contribution >= 0.6 is 11.8 Å². The van der Waals surface area contributed by atoms with E-state index in [1.807, 2.05) is 44.2 Å². The fourth-order valence-corrected chi connectivity index (χ4v) is 2.31. The largest absolute Gasteiger partial charge is 0.383 e.